The first kappa shape index (κ1) is 10.4. The summed E-state index contributed by atoms with van der Waals surface area (Å²) >= 11 is 0. The minimum atomic E-state index is 0.997. The number of nitrogens with zero attached hydrogens (tertiary/aromatic N) is 3. The lowest BCUT2D eigenvalue weighted by Gasteiger charge is -2.10. The first-order chi connectivity index (χ1) is 7.72. The molecule has 2 aromatic rings. The number of hydrogen-bond donors (Lipinski definition) is 1. The number of benzene rings is 1. The van der Waals surface area contributed by atoms with Gasteiger partial charge >= 0.3 is 0 Å². The number of rotatable bonds is 2. The highest BCUT2D eigenvalue weighted by atomic mass is 15.3. The lowest BCUT2D eigenvalue weighted by Crippen LogP contribution is -2.03. The van der Waals surface area contributed by atoms with Crippen LogP contribution in [0.15, 0.2) is 35.7 Å². The fraction of sp³-hybridized carbons (Fsp3) is 0.167. The maximum absolute atomic E-state index is 5.23. The minimum absolute atomic E-state index is 0.997. The molecule has 0 saturated carbocycles. The van der Waals surface area contributed by atoms with Crippen LogP contribution < -0.4 is 5.84 Å². The van der Waals surface area contributed by atoms with Gasteiger partial charge in [-0.2, -0.15) is 10.2 Å². The summed E-state index contributed by atoms with van der Waals surface area (Å²) in [6.07, 6.45) is 5.31. The molecule has 0 aliphatic carbocycles. The monoisotopic (exact) mass is 214 g/mol. The molecule has 4 nitrogen and oxygen atoms in total. The van der Waals surface area contributed by atoms with Gasteiger partial charge in [-0.05, 0) is 37.1 Å². The van der Waals surface area contributed by atoms with Crippen molar-refractivity contribution in [1.82, 2.24) is 9.78 Å². The molecular formula is C12H14N4. The normalized spacial score (nSPS) is 11.1. The summed E-state index contributed by atoms with van der Waals surface area (Å²) < 4.78 is 1.82. The van der Waals surface area contributed by atoms with Gasteiger partial charge in [-0.3, -0.25) is 0 Å². The van der Waals surface area contributed by atoms with Crippen molar-refractivity contribution in [3.63, 3.8) is 0 Å². The molecule has 0 atom stereocenters. The molecular weight excluding hydrogens is 200 g/mol. The van der Waals surface area contributed by atoms with Crippen LogP contribution in [0, 0.1) is 13.8 Å². The molecule has 0 fully saturated rings. The highest BCUT2D eigenvalue weighted by Gasteiger charge is 2.07. The first-order valence-corrected chi connectivity index (χ1v) is 5.07. The van der Waals surface area contributed by atoms with Crippen LogP contribution in [0.4, 0.5) is 0 Å². The van der Waals surface area contributed by atoms with E-state index in [0.717, 1.165) is 16.8 Å². The molecule has 0 unspecified atom stereocenters. The van der Waals surface area contributed by atoms with Gasteiger partial charge in [-0.25, -0.2) is 4.68 Å². The summed E-state index contributed by atoms with van der Waals surface area (Å²) in [6.45, 7) is 4.10. The summed E-state index contributed by atoms with van der Waals surface area (Å²) in [4.78, 5) is 0. The molecule has 82 valence electrons. The van der Waals surface area contributed by atoms with Gasteiger partial charge in [0.25, 0.3) is 0 Å². The predicted molar refractivity (Wildman–Crippen MR) is 64.8 cm³/mol. The average molecular weight is 214 g/mol. The number of hydrogen-bond acceptors (Lipinski definition) is 3. The zero-order valence-electron chi connectivity index (χ0n) is 9.38. The highest BCUT2D eigenvalue weighted by molar-refractivity contribution is 5.86. The second-order valence-corrected chi connectivity index (χ2v) is 3.74. The van der Waals surface area contributed by atoms with Crippen molar-refractivity contribution in [3.05, 3.63) is 47.3 Å². The van der Waals surface area contributed by atoms with Crippen LogP contribution in [0.1, 0.15) is 16.7 Å². The van der Waals surface area contributed by atoms with Gasteiger partial charge in [0.1, 0.15) is 0 Å². The minimum Gasteiger partial charge on any atom is -0.323 e. The summed E-state index contributed by atoms with van der Waals surface area (Å²) in [5.74, 6) is 5.23. The van der Waals surface area contributed by atoms with Crippen molar-refractivity contribution in [2.45, 2.75) is 13.8 Å². The van der Waals surface area contributed by atoms with Crippen LogP contribution >= 0.6 is 0 Å². The molecule has 2 rings (SSSR count). The Morgan fingerprint density at radius 3 is 2.81 bits per heavy atom. The van der Waals surface area contributed by atoms with Gasteiger partial charge in [0.2, 0.25) is 0 Å². The topological polar surface area (TPSA) is 56.2 Å². The Kier molecular flexibility index (Phi) is 2.72. The van der Waals surface area contributed by atoms with Crippen molar-refractivity contribution < 1.29 is 0 Å². The van der Waals surface area contributed by atoms with Gasteiger partial charge in [0.05, 0.1) is 11.9 Å². The second-order valence-electron chi connectivity index (χ2n) is 3.74. The van der Waals surface area contributed by atoms with E-state index in [2.05, 4.69) is 29.3 Å². The van der Waals surface area contributed by atoms with Crippen molar-refractivity contribution in [2.75, 3.05) is 0 Å². The molecule has 1 heterocycles. The van der Waals surface area contributed by atoms with Crippen LogP contribution in [0.3, 0.4) is 0 Å². The van der Waals surface area contributed by atoms with E-state index in [-0.39, 0.29) is 0 Å². The largest absolute Gasteiger partial charge is 0.323 e. The summed E-state index contributed by atoms with van der Waals surface area (Å²) in [5, 5.41) is 7.83. The fourth-order valence-electron chi connectivity index (χ4n) is 1.80. The number of aryl methyl sites for hydroxylation is 2. The quantitative estimate of drug-likeness (QED) is 0.470. The number of aromatic nitrogens is 2. The van der Waals surface area contributed by atoms with Gasteiger partial charge < -0.3 is 5.84 Å². The summed E-state index contributed by atoms with van der Waals surface area (Å²) in [5.41, 5.74) is 4.32. The van der Waals surface area contributed by atoms with E-state index in [1.807, 2.05) is 23.9 Å². The third kappa shape index (κ3) is 1.82. The van der Waals surface area contributed by atoms with E-state index in [1.165, 1.54) is 5.56 Å². The second kappa shape index (κ2) is 4.18. The molecule has 1 aromatic carbocycles. The van der Waals surface area contributed by atoms with E-state index in [1.54, 1.807) is 12.4 Å². The average Bonchev–Trinajstić information content (AvgIpc) is 2.75. The van der Waals surface area contributed by atoms with Crippen LogP contribution in [0.25, 0.3) is 5.69 Å². The van der Waals surface area contributed by atoms with Crippen LogP contribution in [-0.4, -0.2) is 16.0 Å². The lowest BCUT2D eigenvalue weighted by molar-refractivity contribution is 0.876. The number of hydrazone groups is 1. The fourth-order valence-corrected chi connectivity index (χ4v) is 1.80. The van der Waals surface area contributed by atoms with Gasteiger partial charge in [-0.1, -0.05) is 6.07 Å². The van der Waals surface area contributed by atoms with E-state index < -0.39 is 0 Å². The Morgan fingerprint density at radius 2 is 2.19 bits per heavy atom. The Bertz CT molecular complexity index is 512. The van der Waals surface area contributed by atoms with Crippen LogP contribution in [-0.2, 0) is 0 Å². The van der Waals surface area contributed by atoms with E-state index in [4.69, 9.17) is 5.84 Å². The molecule has 16 heavy (non-hydrogen) atoms. The maximum atomic E-state index is 5.23. The SMILES string of the molecule is Cc1cc(C)c(C=NN)c(-n2cccn2)c1. The van der Waals surface area contributed by atoms with Crippen molar-refractivity contribution in [3.8, 4) is 5.69 Å². The predicted octanol–water partition coefficient (Wildman–Crippen LogP) is 1.78. The standard InChI is InChI=1S/C12H14N4/c1-9-6-10(2)11(8-14-13)12(7-9)16-5-3-4-15-16/h3-8H,13H2,1-2H3. The van der Waals surface area contributed by atoms with Crippen molar-refractivity contribution >= 4 is 6.21 Å². The molecule has 0 amide bonds. The molecule has 0 aliphatic rings. The van der Waals surface area contributed by atoms with E-state index in [9.17, 15) is 0 Å². The molecule has 1 aromatic heterocycles. The van der Waals surface area contributed by atoms with Crippen molar-refractivity contribution in [1.29, 1.82) is 0 Å². The molecule has 2 N–H and O–H groups in total. The Morgan fingerprint density at radius 1 is 1.38 bits per heavy atom. The van der Waals surface area contributed by atoms with Crippen LogP contribution in [0.5, 0.6) is 0 Å². The smallest absolute Gasteiger partial charge is 0.0739 e. The summed E-state index contributed by atoms with van der Waals surface area (Å²) in [7, 11) is 0. The van der Waals surface area contributed by atoms with Gasteiger partial charge in [0.15, 0.2) is 0 Å². The molecule has 0 saturated heterocycles. The maximum Gasteiger partial charge on any atom is 0.0739 e. The molecule has 0 aliphatic heterocycles. The third-order valence-electron chi connectivity index (χ3n) is 2.46. The molecule has 4 heteroatoms. The van der Waals surface area contributed by atoms with E-state index in [0.29, 0.717) is 0 Å². The first-order valence-electron chi connectivity index (χ1n) is 5.07. The zero-order valence-corrected chi connectivity index (χ0v) is 9.38. The third-order valence-corrected chi connectivity index (χ3v) is 2.46. The van der Waals surface area contributed by atoms with Crippen molar-refractivity contribution in [2.24, 2.45) is 10.9 Å². The zero-order chi connectivity index (χ0) is 11.5. The van der Waals surface area contributed by atoms with Gasteiger partial charge in [0, 0.05) is 18.0 Å². The molecule has 0 bridgehead atoms. The van der Waals surface area contributed by atoms with Gasteiger partial charge in [-0.15, -0.1) is 0 Å². The number of nitrogens with two attached hydrogens (primary N) is 1. The molecule has 0 spiro atoms. The Balaban J connectivity index is 2.67. The van der Waals surface area contributed by atoms with Crippen LogP contribution in [0.2, 0.25) is 0 Å². The highest BCUT2D eigenvalue weighted by Crippen LogP contribution is 2.18. The van der Waals surface area contributed by atoms with E-state index >= 15 is 0 Å². The Labute approximate surface area is 94.4 Å². The summed E-state index contributed by atoms with van der Waals surface area (Å²) in [6, 6.07) is 6.06. The Hall–Kier alpha value is -2.10. The lowest BCUT2D eigenvalue weighted by atomic mass is 10.0. The molecule has 0 radical (unpaired) electrons.